The lowest BCUT2D eigenvalue weighted by molar-refractivity contribution is -0.132. The molecular formula is C22H30ClN13O2S. The van der Waals surface area contributed by atoms with Gasteiger partial charge in [0.05, 0.1) is 6.42 Å². The van der Waals surface area contributed by atoms with E-state index in [4.69, 9.17) is 29.1 Å². The third-order valence-electron chi connectivity index (χ3n) is 7.24. The third kappa shape index (κ3) is 5.60. The van der Waals surface area contributed by atoms with Crippen LogP contribution in [-0.2, 0) is 16.0 Å². The number of benzene rings is 1. The maximum Gasteiger partial charge on any atom is 0.249 e. The minimum atomic E-state index is -0.971. The van der Waals surface area contributed by atoms with E-state index >= 15 is 0 Å². The molecule has 3 atom stereocenters. The highest BCUT2D eigenvalue weighted by atomic mass is 35.5. The number of carbonyl (C=O) groups is 2. The van der Waals surface area contributed by atoms with Crippen LogP contribution in [0.3, 0.4) is 0 Å². The van der Waals surface area contributed by atoms with Gasteiger partial charge in [-0.25, -0.2) is 5.01 Å². The molecule has 1 spiro atoms. The number of likely N-dealkylation sites (tertiary alicyclic amines) is 1. The monoisotopic (exact) mass is 575 g/mol. The summed E-state index contributed by atoms with van der Waals surface area (Å²) in [6.45, 7) is 1.68. The van der Waals surface area contributed by atoms with Crippen molar-refractivity contribution in [3.63, 3.8) is 0 Å². The molecule has 1 aromatic carbocycles. The smallest absolute Gasteiger partial charge is 0.249 e. The topological polar surface area (TPSA) is 216 Å². The molecule has 2 fully saturated rings. The molecule has 2 saturated heterocycles. The summed E-state index contributed by atoms with van der Waals surface area (Å²) in [4.78, 5) is 28.1. The van der Waals surface area contributed by atoms with Crippen LogP contribution in [0.5, 0.6) is 0 Å². The Bertz CT molecular complexity index is 1320. The summed E-state index contributed by atoms with van der Waals surface area (Å²) in [7, 11) is 0. The number of hydrogen-bond donors (Lipinski definition) is 7. The molecule has 4 heterocycles. The first-order valence-corrected chi connectivity index (χ1v) is 13.5. The van der Waals surface area contributed by atoms with Crippen molar-refractivity contribution >= 4 is 44.8 Å². The highest BCUT2D eigenvalue weighted by molar-refractivity contribution is 7.17. The third-order valence-corrected chi connectivity index (χ3v) is 8.54. The number of piperidine rings is 1. The number of hydrazine groups is 1. The van der Waals surface area contributed by atoms with Gasteiger partial charge in [0.1, 0.15) is 17.5 Å². The molecule has 17 heteroatoms. The molecule has 0 saturated carbocycles. The molecule has 39 heavy (non-hydrogen) atoms. The molecule has 2 amide bonds. The van der Waals surface area contributed by atoms with Crippen molar-refractivity contribution in [3.05, 3.63) is 46.2 Å². The summed E-state index contributed by atoms with van der Waals surface area (Å²) in [6.07, 6.45) is 0.189. The van der Waals surface area contributed by atoms with E-state index in [2.05, 4.69) is 59.5 Å². The van der Waals surface area contributed by atoms with E-state index in [0.29, 0.717) is 38.9 Å². The summed E-state index contributed by atoms with van der Waals surface area (Å²) in [5.41, 5.74) is 0.710. The number of thiophene rings is 1. The van der Waals surface area contributed by atoms with Crippen LogP contribution in [0.15, 0.2) is 61.3 Å². The van der Waals surface area contributed by atoms with Crippen molar-refractivity contribution < 1.29 is 9.59 Å². The van der Waals surface area contributed by atoms with Crippen LogP contribution in [0.4, 0.5) is 0 Å². The molecule has 3 unspecified atom stereocenters. The van der Waals surface area contributed by atoms with Gasteiger partial charge in [-0.15, -0.1) is 21.6 Å². The Hall–Kier alpha value is -3.57. The molecule has 0 radical (unpaired) electrons. The standard InChI is InChI=1S/C22H30ClN13O2S/c23-17-19(32-34-25)28-18(31-33-24)16(27-17)20(38)29-21-30-22(11-36(21)26)5-7-35(8-6-22)15(37)9-12-10-39-14-4-2-1-3-13(12)14/h1-4,10,16,18,21,27-28,30H,5-9,11,26H2,(H2,24,31)(H2,25,32)(H,29,38). The quantitative estimate of drug-likeness (QED) is 0.106. The van der Waals surface area contributed by atoms with Crippen LogP contribution >= 0.6 is 22.9 Å². The predicted molar refractivity (Wildman–Crippen MR) is 145 cm³/mol. The molecule has 15 nitrogen and oxygen atoms in total. The van der Waals surface area contributed by atoms with Gasteiger partial charge in [-0.1, -0.05) is 40.2 Å². The average molecular weight is 576 g/mol. The van der Waals surface area contributed by atoms with Crippen molar-refractivity contribution in [3.8, 4) is 0 Å². The number of fused-ring (bicyclic) bond motifs is 1. The van der Waals surface area contributed by atoms with Crippen LogP contribution in [-0.4, -0.2) is 65.4 Å². The first-order valence-electron chi connectivity index (χ1n) is 12.3. The van der Waals surface area contributed by atoms with Crippen molar-refractivity contribution in [2.24, 2.45) is 38.2 Å². The number of carbonyl (C=O) groups excluding carboxylic acids is 2. The van der Waals surface area contributed by atoms with Crippen LogP contribution in [0.1, 0.15) is 18.4 Å². The van der Waals surface area contributed by atoms with Gasteiger partial charge in [0.25, 0.3) is 0 Å². The van der Waals surface area contributed by atoms with Gasteiger partial charge in [-0.2, -0.15) is 0 Å². The second kappa shape index (κ2) is 11.3. The number of rotatable bonds is 6. The number of hydrogen-bond acceptors (Lipinski definition) is 12. The zero-order valence-electron chi connectivity index (χ0n) is 20.9. The summed E-state index contributed by atoms with van der Waals surface area (Å²) < 4.78 is 1.18. The van der Waals surface area contributed by atoms with E-state index in [0.717, 1.165) is 10.9 Å². The van der Waals surface area contributed by atoms with Crippen molar-refractivity contribution in [1.82, 2.24) is 31.2 Å². The van der Waals surface area contributed by atoms with Crippen LogP contribution < -0.4 is 38.8 Å². The van der Waals surface area contributed by atoms with E-state index in [1.165, 1.54) is 9.71 Å². The van der Waals surface area contributed by atoms with Crippen molar-refractivity contribution in [2.75, 3.05) is 19.6 Å². The summed E-state index contributed by atoms with van der Waals surface area (Å²) in [5, 5.41) is 30.7. The Morgan fingerprint density at radius 2 is 1.95 bits per heavy atom. The first-order chi connectivity index (χ1) is 18.8. The summed E-state index contributed by atoms with van der Waals surface area (Å²) in [5.74, 6) is 16.3. The molecule has 0 bridgehead atoms. The van der Waals surface area contributed by atoms with Crippen LogP contribution in [0.25, 0.3) is 10.1 Å². The van der Waals surface area contributed by atoms with E-state index < -0.39 is 24.4 Å². The van der Waals surface area contributed by atoms with Crippen molar-refractivity contribution in [2.45, 2.75) is 43.3 Å². The van der Waals surface area contributed by atoms with Gasteiger partial charge >= 0.3 is 0 Å². The Labute approximate surface area is 232 Å². The van der Waals surface area contributed by atoms with Gasteiger partial charge in [-0.05, 0) is 35.2 Å². The average Bonchev–Trinajstić information content (AvgIpc) is 3.46. The number of amides is 2. The molecule has 208 valence electrons. The largest absolute Gasteiger partial charge is 0.358 e. The fourth-order valence-electron chi connectivity index (χ4n) is 5.21. The SMILES string of the molecule is NN=NC1=C(Cl)NC(C(=O)NC2NC3(CCN(C(=O)Cc4csc5ccccc45)CC3)CN2N)C(N=NN)N1. The molecular weight excluding hydrogens is 546 g/mol. The van der Waals surface area contributed by atoms with E-state index in [1.54, 1.807) is 11.3 Å². The van der Waals surface area contributed by atoms with E-state index in [-0.39, 0.29) is 22.4 Å². The summed E-state index contributed by atoms with van der Waals surface area (Å²) >= 11 is 7.83. The molecule has 10 N–H and O–H groups in total. The van der Waals surface area contributed by atoms with Crippen molar-refractivity contribution in [1.29, 1.82) is 0 Å². The summed E-state index contributed by atoms with van der Waals surface area (Å²) in [6, 6.07) is 7.15. The normalized spacial score (nSPS) is 25.5. The van der Waals surface area contributed by atoms with Gasteiger partial charge in [-0.3, -0.25) is 20.7 Å². The minimum Gasteiger partial charge on any atom is -0.358 e. The van der Waals surface area contributed by atoms with Gasteiger partial charge in [0.2, 0.25) is 11.8 Å². The second-order valence-electron chi connectivity index (χ2n) is 9.64. The Kier molecular flexibility index (Phi) is 7.81. The lowest BCUT2D eigenvalue weighted by Crippen LogP contribution is -2.63. The predicted octanol–water partition coefficient (Wildman–Crippen LogP) is -0.112. The number of halogens is 1. The Balaban J connectivity index is 1.18. The zero-order chi connectivity index (χ0) is 27.6. The van der Waals surface area contributed by atoms with Gasteiger partial charge in [0, 0.05) is 29.9 Å². The molecule has 3 aliphatic heterocycles. The first kappa shape index (κ1) is 27.0. The van der Waals surface area contributed by atoms with Crippen LogP contribution in [0, 0.1) is 0 Å². The maximum absolute atomic E-state index is 13.2. The number of nitrogens with zero attached hydrogens (tertiary/aromatic N) is 6. The number of nitrogens with two attached hydrogens (primary N) is 3. The lowest BCUT2D eigenvalue weighted by Gasteiger charge is -2.39. The van der Waals surface area contributed by atoms with E-state index in [9.17, 15) is 9.59 Å². The molecule has 0 aliphatic carbocycles. The second-order valence-corrected chi connectivity index (χ2v) is 10.9. The lowest BCUT2D eigenvalue weighted by atomic mass is 9.88. The molecule has 1 aromatic heterocycles. The van der Waals surface area contributed by atoms with Crippen LogP contribution in [0.2, 0.25) is 0 Å². The van der Waals surface area contributed by atoms with Gasteiger partial charge in [0.15, 0.2) is 12.0 Å². The highest BCUT2D eigenvalue weighted by Crippen LogP contribution is 2.30. The fourth-order valence-corrected chi connectivity index (χ4v) is 6.38. The Morgan fingerprint density at radius 3 is 2.69 bits per heavy atom. The molecule has 3 aliphatic rings. The molecule has 5 rings (SSSR count). The highest BCUT2D eigenvalue weighted by Gasteiger charge is 2.46. The fraction of sp³-hybridized carbons (Fsp3) is 0.455. The number of nitrogens with one attached hydrogen (secondary N) is 4. The Morgan fingerprint density at radius 1 is 1.18 bits per heavy atom. The minimum absolute atomic E-state index is 0.0285. The molecule has 2 aromatic rings. The van der Waals surface area contributed by atoms with E-state index in [1.807, 2.05) is 17.0 Å². The zero-order valence-corrected chi connectivity index (χ0v) is 22.5. The van der Waals surface area contributed by atoms with Gasteiger partial charge < -0.3 is 32.5 Å². The maximum atomic E-state index is 13.2.